The van der Waals surface area contributed by atoms with E-state index < -0.39 is 0 Å². The quantitative estimate of drug-likeness (QED) is 0.144. The second-order valence-electron chi connectivity index (χ2n) is 19.1. The first-order valence-corrected chi connectivity index (χ1v) is 19.6. The van der Waals surface area contributed by atoms with Crippen LogP contribution in [0.2, 0.25) is 0 Å². The Kier molecular flexibility index (Phi) is 8.92. The molecule has 0 amide bonds. The van der Waals surface area contributed by atoms with Crippen LogP contribution < -0.4 is 16.0 Å². The van der Waals surface area contributed by atoms with E-state index in [0.29, 0.717) is 52.6 Å². The van der Waals surface area contributed by atoms with Crippen LogP contribution in [0.4, 0.5) is 0 Å². The highest BCUT2D eigenvalue weighted by molar-refractivity contribution is 5.50. The summed E-state index contributed by atoms with van der Waals surface area (Å²) in [6, 6.07) is 19.4. The van der Waals surface area contributed by atoms with E-state index in [9.17, 15) is 15.3 Å². The van der Waals surface area contributed by atoms with E-state index in [1.807, 2.05) is 36.4 Å². The van der Waals surface area contributed by atoms with Crippen LogP contribution >= 0.6 is 0 Å². The molecule has 3 aromatic rings. The van der Waals surface area contributed by atoms with E-state index in [-0.39, 0.29) is 21.7 Å². The zero-order valence-corrected chi connectivity index (χ0v) is 32.6. The number of phenolic OH excluding ortho intramolecular Hbond substituents is 3. The molecule has 3 heterocycles. The minimum Gasteiger partial charge on any atom is -0.508 e. The van der Waals surface area contributed by atoms with E-state index in [1.54, 1.807) is 0 Å². The molecule has 0 saturated carbocycles. The largest absolute Gasteiger partial charge is 0.508 e. The van der Waals surface area contributed by atoms with Crippen molar-refractivity contribution in [1.29, 1.82) is 0 Å². The van der Waals surface area contributed by atoms with Gasteiger partial charge in [-0.15, -0.1) is 0 Å². The highest BCUT2D eigenvalue weighted by atomic mass is 16.3. The average molecular weight is 694 g/mol. The topological polar surface area (TPSA) is 96.8 Å². The highest BCUT2D eigenvalue weighted by Crippen LogP contribution is 2.56. The molecule has 6 heteroatoms. The number of piperidine rings is 3. The van der Waals surface area contributed by atoms with E-state index in [1.165, 1.54) is 39.8 Å². The van der Waals surface area contributed by atoms with Crippen LogP contribution in [0, 0.1) is 22.2 Å². The third kappa shape index (κ3) is 5.70. The van der Waals surface area contributed by atoms with E-state index in [2.05, 4.69) is 96.5 Å². The van der Waals surface area contributed by atoms with Crippen LogP contribution in [0.25, 0.3) is 0 Å². The second kappa shape index (κ2) is 12.5. The van der Waals surface area contributed by atoms with Gasteiger partial charge in [0.15, 0.2) is 0 Å². The van der Waals surface area contributed by atoms with Gasteiger partial charge >= 0.3 is 0 Å². The zero-order valence-electron chi connectivity index (χ0n) is 32.6. The molecular weight excluding hydrogens is 631 g/mol. The van der Waals surface area contributed by atoms with Crippen molar-refractivity contribution in [2.24, 2.45) is 22.2 Å². The van der Waals surface area contributed by atoms with Crippen molar-refractivity contribution in [3.63, 3.8) is 0 Å². The molecule has 4 bridgehead atoms. The van der Waals surface area contributed by atoms with Gasteiger partial charge in [0.2, 0.25) is 0 Å². The Labute approximate surface area is 306 Å². The summed E-state index contributed by atoms with van der Waals surface area (Å²) in [5, 5.41) is 40.4. The summed E-state index contributed by atoms with van der Waals surface area (Å²) in [6.45, 7) is 24.4. The number of aromatic hydroxyl groups is 3. The number of phenols is 3. The lowest BCUT2D eigenvalue weighted by atomic mass is 9.51. The molecule has 3 saturated heterocycles. The van der Waals surface area contributed by atoms with Crippen molar-refractivity contribution in [2.45, 2.75) is 129 Å². The molecule has 51 heavy (non-hydrogen) atoms. The summed E-state index contributed by atoms with van der Waals surface area (Å²) in [4.78, 5) is 0. The van der Waals surface area contributed by atoms with E-state index in [4.69, 9.17) is 0 Å². The number of hydrogen-bond donors (Lipinski definition) is 6. The first-order valence-electron chi connectivity index (χ1n) is 19.6. The number of hydrogen-bond acceptors (Lipinski definition) is 6. The molecule has 7 atom stereocenters. The Morgan fingerprint density at radius 2 is 1.22 bits per heavy atom. The molecule has 9 rings (SSSR count). The fourth-order valence-corrected chi connectivity index (χ4v) is 11.2. The maximum atomic E-state index is 10.2. The number of rotatable bonds is 0. The first kappa shape index (κ1) is 36.3. The van der Waals surface area contributed by atoms with E-state index >= 15 is 0 Å². The molecule has 0 spiro atoms. The van der Waals surface area contributed by atoms with Gasteiger partial charge in [-0.3, -0.25) is 0 Å². The molecule has 3 aromatic carbocycles. The van der Waals surface area contributed by atoms with Gasteiger partial charge < -0.3 is 31.3 Å². The van der Waals surface area contributed by atoms with Crippen molar-refractivity contribution >= 4 is 0 Å². The Balaban J connectivity index is 0.000000119. The Morgan fingerprint density at radius 1 is 0.627 bits per heavy atom. The van der Waals surface area contributed by atoms with E-state index in [0.717, 1.165) is 45.3 Å². The summed E-state index contributed by atoms with van der Waals surface area (Å²) in [5.74, 6) is 2.56. The third-order valence-corrected chi connectivity index (χ3v) is 15.8. The van der Waals surface area contributed by atoms with Crippen molar-refractivity contribution in [1.82, 2.24) is 16.0 Å². The average Bonchev–Trinajstić information content (AvgIpc) is 3.41. The van der Waals surface area contributed by atoms with Crippen LogP contribution in [0.1, 0.15) is 114 Å². The Hall–Kier alpha value is -3.06. The van der Waals surface area contributed by atoms with Crippen LogP contribution in [0.3, 0.4) is 0 Å². The van der Waals surface area contributed by atoms with Gasteiger partial charge in [-0.05, 0) is 126 Å². The first-order chi connectivity index (χ1) is 23.9. The Morgan fingerprint density at radius 3 is 1.90 bits per heavy atom. The maximum absolute atomic E-state index is 10.2. The molecular formula is C45H63N3O3. The number of benzene rings is 3. The molecule has 276 valence electrons. The fourth-order valence-electron chi connectivity index (χ4n) is 11.2. The molecule has 3 aliphatic carbocycles. The van der Waals surface area contributed by atoms with Gasteiger partial charge in [0.05, 0.1) is 0 Å². The monoisotopic (exact) mass is 693 g/mol. The molecule has 6 aliphatic rings. The second-order valence-corrected chi connectivity index (χ2v) is 19.1. The summed E-state index contributed by atoms with van der Waals surface area (Å²) in [5.41, 5.74) is 9.19. The lowest BCUT2D eigenvalue weighted by Gasteiger charge is -2.57. The molecule has 0 aromatic heterocycles. The van der Waals surface area contributed by atoms with Gasteiger partial charge in [0.1, 0.15) is 17.2 Å². The molecule has 3 aliphatic heterocycles. The predicted octanol–water partition coefficient (Wildman–Crippen LogP) is 7.85. The Bertz CT molecular complexity index is 1790. The molecule has 7 unspecified atom stereocenters. The van der Waals surface area contributed by atoms with Crippen LogP contribution in [-0.4, -0.2) is 53.1 Å². The summed E-state index contributed by atoms with van der Waals surface area (Å²) >= 11 is 0. The van der Waals surface area contributed by atoms with Crippen LogP contribution in [-0.2, 0) is 30.1 Å². The van der Waals surface area contributed by atoms with Gasteiger partial charge in [-0.25, -0.2) is 0 Å². The molecule has 3 fully saturated rings. The van der Waals surface area contributed by atoms with Crippen molar-refractivity contribution < 1.29 is 15.3 Å². The lowest BCUT2D eigenvalue weighted by Crippen LogP contribution is -2.62. The van der Waals surface area contributed by atoms with Crippen LogP contribution in [0.15, 0.2) is 54.6 Å². The normalized spacial score (nSPS) is 34.2. The fraction of sp³-hybridized carbons (Fsp3) is 0.600. The summed E-state index contributed by atoms with van der Waals surface area (Å²) in [7, 11) is 0. The maximum Gasteiger partial charge on any atom is 0.119 e. The highest BCUT2D eigenvalue weighted by Gasteiger charge is 2.55. The van der Waals surface area contributed by atoms with Crippen LogP contribution in [0.5, 0.6) is 17.2 Å². The SMILES string of the molecule is CC12CCNC(Cc3cc(O)ccc31)C2(C)C.CC12CCNC(Cc3cccc(O)c31)C2(C)C.CC1C2c3ccc(O)cc3CC2NCC1(C)C. The van der Waals surface area contributed by atoms with Crippen molar-refractivity contribution in [3.05, 3.63) is 88.0 Å². The third-order valence-electron chi connectivity index (χ3n) is 15.8. The minimum absolute atomic E-state index is 0.0852. The zero-order chi connectivity index (χ0) is 36.7. The molecule has 0 radical (unpaired) electrons. The number of nitrogens with one attached hydrogen (secondary N) is 3. The summed E-state index contributed by atoms with van der Waals surface area (Å²) in [6.07, 6.45) is 5.41. The molecule has 6 N–H and O–H groups in total. The van der Waals surface area contributed by atoms with Gasteiger partial charge in [-0.1, -0.05) is 86.6 Å². The van der Waals surface area contributed by atoms with Gasteiger partial charge in [0.25, 0.3) is 0 Å². The lowest BCUT2D eigenvalue weighted by molar-refractivity contribution is 0.0538. The smallest absolute Gasteiger partial charge is 0.119 e. The minimum atomic E-state index is 0.0852. The van der Waals surface area contributed by atoms with Gasteiger partial charge in [0, 0.05) is 47.0 Å². The van der Waals surface area contributed by atoms with Crippen molar-refractivity contribution in [2.75, 3.05) is 19.6 Å². The van der Waals surface area contributed by atoms with Gasteiger partial charge in [-0.2, -0.15) is 0 Å². The standard InChI is InChI=1S/3C15H21NO/c1-9-14-12-5-4-11(17)6-10(12)7-13(14)16-8-15(9,2)3;1-14(2)13-9-10-8-11(17)4-5-12(10)15(14,3)6-7-16-13;1-14(2)12-9-10-5-4-6-11(17)13(10)15(14,3)7-8-16-12/h4-6,9,13-14,16-17H,7-8H2,1-3H3;4-5,8,13,16-17H,6-7,9H2,1-3H3;4-6,12,16-17H,7-9H2,1-3H3. The van der Waals surface area contributed by atoms with Crippen molar-refractivity contribution in [3.8, 4) is 17.2 Å². The predicted molar refractivity (Wildman–Crippen MR) is 208 cm³/mol. The molecule has 6 nitrogen and oxygen atoms in total. The summed E-state index contributed by atoms with van der Waals surface area (Å²) < 4.78 is 0. The number of fused-ring (bicyclic) bond motifs is 11.